The molecule has 0 saturated carbocycles. The second-order valence-electron chi connectivity index (χ2n) is 5.17. The molecule has 0 unspecified atom stereocenters. The number of H-pyrrole nitrogens is 1. The lowest BCUT2D eigenvalue weighted by Gasteiger charge is -2.07. The summed E-state index contributed by atoms with van der Waals surface area (Å²) in [5, 5.41) is 11.0. The van der Waals surface area contributed by atoms with E-state index in [9.17, 15) is 4.39 Å². The highest BCUT2D eigenvalue weighted by molar-refractivity contribution is 9.10. The van der Waals surface area contributed by atoms with E-state index in [0.29, 0.717) is 22.8 Å². The minimum atomic E-state index is -0.374. The Bertz CT molecular complexity index is 984. The van der Waals surface area contributed by atoms with Gasteiger partial charge >= 0.3 is 0 Å². The molecule has 1 heterocycles. The van der Waals surface area contributed by atoms with Crippen LogP contribution in [0.2, 0.25) is 0 Å². The molecule has 0 aliphatic heterocycles. The van der Waals surface area contributed by atoms with Crippen molar-refractivity contribution >= 4 is 34.4 Å². The standard InChI is InChI=1S/C17H15BrFN5OS/c1-2-25-14-6-3-11(4-7-14)16-21-22-17(26)24(16)23-20-10-12-9-13(18)5-8-15(12)19/h3-10,23H,2H2,1H3,(H,22,26). The van der Waals surface area contributed by atoms with Crippen molar-refractivity contribution in [3.05, 3.63) is 63.1 Å². The third-order valence-corrected chi connectivity index (χ3v) is 4.18. The molecule has 0 fully saturated rings. The topological polar surface area (TPSA) is 67.2 Å². The van der Waals surface area contributed by atoms with Crippen LogP contribution in [0.25, 0.3) is 11.4 Å². The van der Waals surface area contributed by atoms with Crippen molar-refractivity contribution in [2.24, 2.45) is 5.10 Å². The molecule has 6 nitrogen and oxygen atoms in total. The SMILES string of the molecule is CCOc1ccc(-c2n[nH]c(=S)n2NN=Cc2cc(Br)ccc2F)cc1. The quantitative estimate of drug-likeness (QED) is 0.340. The van der Waals surface area contributed by atoms with Gasteiger partial charge in [0, 0.05) is 15.6 Å². The fraction of sp³-hybridized carbons (Fsp3) is 0.118. The van der Waals surface area contributed by atoms with Gasteiger partial charge in [-0.1, -0.05) is 15.9 Å². The zero-order chi connectivity index (χ0) is 18.5. The third-order valence-electron chi connectivity index (χ3n) is 3.42. The number of hydrogen-bond acceptors (Lipinski definition) is 5. The maximum atomic E-state index is 13.8. The summed E-state index contributed by atoms with van der Waals surface area (Å²) < 4.78 is 21.8. The Morgan fingerprint density at radius 1 is 1.35 bits per heavy atom. The van der Waals surface area contributed by atoms with E-state index in [-0.39, 0.29) is 5.82 Å². The zero-order valence-electron chi connectivity index (χ0n) is 13.7. The molecule has 26 heavy (non-hydrogen) atoms. The van der Waals surface area contributed by atoms with Crippen molar-refractivity contribution in [3.8, 4) is 17.1 Å². The van der Waals surface area contributed by atoms with Gasteiger partial charge in [-0.05, 0) is 61.6 Å². The monoisotopic (exact) mass is 435 g/mol. The predicted octanol–water partition coefficient (Wildman–Crippen LogP) is 4.49. The summed E-state index contributed by atoms with van der Waals surface area (Å²) in [5.41, 5.74) is 3.92. The number of nitrogens with one attached hydrogen (secondary N) is 2. The van der Waals surface area contributed by atoms with Crippen molar-refractivity contribution in [1.82, 2.24) is 14.9 Å². The Balaban J connectivity index is 1.83. The Labute approximate surface area is 162 Å². The third kappa shape index (κ3) is 4.17. The number of aromatic amines is 1. The normalized spacial score (nSPS) is 11.0. The largest absolute Gasteiger partial charge is 0.494 e. The molecular formula is C17H15BrFN5OS. The van der Waals surface area contributed by atoms with Gasteiger partial charge in [-0.25, -0.2) is 15.0 Å². The minimum Gasteiger partial charge on any atom is -0.494 e. The van der Waals surface area contributed by atoms with E-state index in [1.165, 1.54) is 17.0 Å². The number of hydrazone groups is 1. The highest BCUT2D eigenvalue weighted by atomic mass is 79.9. The molecule has 1 aromatic heterocycles. The van der Waals surface area contributed by atoms with E-state index >= 15 is 0 Å². The van der Waals surface area contributed by atoms with Gasteiger partial charge in [0.25, 0.3) is 0 Å². The molecule has 0 radical (unpaired) electrons. The van der Waals surface area contributed by atoms with Crippen LogP contribution in [0.3, 0.4) is 0 Å². The molecule has 2 aromatic carbocycles. The van der Waals surface area contributed by atoms with E-state index in [1.54, 1.807) is 12.1 Å². The minimum absolute atomic E-state index is 0.334. The number of ether oxygens (including phenoxy) is 1. The van der Waals surface area contributed by atoms with Gasteiger partial charge in [-0.3, -0.25) is 0 Å². The number of nitrogens with zero attached hydrogens (tertiary/aromatic N) is 3. The first kappa shape index (κ1) is 18.3. The second-order valence-corrected chi connectivity index (χ2v) is 6.47. The van der Waals surface area contributed by atoms with Gasteiger partial charge in [-0.2, -0.15) is 14.9 Å². The first-order chi connectivity index (χ1) is 12.6. The van der Waals surface area contributed by atoms with Crippen LogP contribution in [-0.4, -0.2) is 27.7 Å². The summed E-state index contributed by atoms with van der Waals surface area (Å²) in [6.07, 6.45) is 1.37. The van der Waals surface area contributed by atoms with Crippen molar-refractivity contribution in [2.75, 3.05) is 12.1 Å². The van der Waals surface area contributed by atoms with Gasteiger partial charge in [0.05, 0.1) is 12.8 Å². The maximum Gasteiger partial charge on any atom is 0.216 e. The van der Waals surface area contributed by atoms with Crippen LogP contribution in [0, 0.1) is 10.6 Å². The van der Waals surface area contributed by atoms with Crippen LogP contribution >= 0.6 is 28.1 Å². The highest BCUT2D eigenvalue weighted by Gasteiger charge is 2.09. The van der Waals surface area contributed by atoms with Crippen LogP contribution in [0.5, 0.6) is 5.75 Å². The number of hydrogen-bond donors (Lipinski definition) is 2. The molecule has 0 aliphatic rings. The highest BCUT2D eigenvalue weighted by Crippen LogP contribution is 2.20. The van der Waals surface area contributed by atoms with Gasteiger partial charge in [0.2, 0.25) is 4.77 Å². The van der Waals surface area contributed by atoms with Gasteiger partial charge < -0.3 is 4.74 Å². The summed E-state index contributed by atoms with van der Waals surface area (Å²) in [6, 6.07) is 12.0. The first-order valence-corrected chi connectivity index (χ1v) is 8.93. The van der Waals surface area contributed by atoms with Crippen LogP contribution in [0.4, 0.5) is 4.39 Å². The maximum absolute atomic E-state index is 13.8. The smallest absolute Gasteiger partial charge is 0.216 e. The fourth-order valence-electron chi connectivity index (χ4n) is 2.22. The predicted molar refractivity (Wildman–Crippen MR) is 105 cm³/mol. The van der Waals surface area contributed by atoms with E-state index in [4.69, 9.17) is 17.0 Å². The second kappa shape index (κ2) is 8.24. The molecule has 0 aliphatic carbocycles. The summed E-state index contributed by atoms with van der Waals surface area (Å²) in [4.78, 5) is 0. The molecular weight excluding hydrogens is 421 g/mol. The number of aromatic nitrogens is 3. The van der Waals surface area contributed by atoms with E-state index in [0.717, 1.165) is 15.8 Å². The van der Waals surface area contributed by atoms with Gasteiger partial charge in [0.15, 0.2) is 5.82 Å². The molecule has 9 heteroatoms. The molecule has 0 saturated heterocycles. The van der Waals surface area contributed by atoms with Crippen molar-refractivity contribution in [1.29, 1.82) is 0 Å². The van der Waals surface area contributed by atoms with Crippen LogP contribution in [-0.2, 0) is 0 Å². The summed E-state index contributed by atoms with van der Waals surface area (Å²) >= 11 is 8.52. The Kier molecular flexibility index (Phi) is 5.79. The van der Waals surface area contributed by atoms with E-state index in [1.807, 2.05) is 31.2 Å². The number of benzene rings is 2. The van der Waals surface area contributed by atoms with Gasteiger partial charge in [-0.15, -0.1) is 0 Å². The van der Waals surface area contributed by atoms with Crippen LogP contribution in [0.1, 0.15) is 12.5 Å². The van der Waals surface area contributed by atoms with Crippen molar-refractivity contribution < 1.29 is 9.13 Å². The molecule has 3 aromatic rings. The Hall–Kier alpha value is -2.52. The molecule has 134 valence electrons. The molecule has 0 atom stereocenters. The summed E-state index contributed by atoms with van der Waals surface area (Å²) in [6.45, 7) is 2.52. The number of rotatable bonds is 6. The average Bonchev–Trinajstić information content (AvgIpc) is 3.00. The molecule has 3 rings (SSSR count). The molecule has 0 spiro atoms. The number of halogens is 2. The molecule has 2 N–H and O–H groups in total. The zero-order valence-corrected chi connectivity index (χ0v) is 16.1. The van der Waals surface area contributed by atoms with Crippen LogP contribution in [0.15, 0.2) is 52.0 Å². The fourth-order valence-corrected chi connectivity index (χ4v) is 2.77. The summed E-state index contributed by atoms with van der Waals surface area (Å²) in [5.74, 6) is 0.944. The van der Waals surface area contributed by atoms with Crippen molar-refractivity contribution in [2.45, 2.75) is 6.92 Å². The van der Waals surface area contributed by atoms with Crippen LogP contribution < -0.4 is 10.3 Å². The lowest BCUT2D eigenvalue weighted by Crippen LogP contribution is -2.11. The lowest BCUT2D eigenvalue weighted by molar-refractivity contribution is 0.340. The van der Waals surface area contributed by atoms with Gasteiger partial charge in [0.1, 0.15) is 11.6 Å². The average molecular weight is 436 g/mol. The Morgan fingerprint density at radius 2 is 2.12 bits per heavy atom. The van der Waals surface area contributed by atoms with E-state index < -0.39 is 0 Å². The Morgan fingerprint density at radius 3 is 2.85 bits per heavy atom. The molecule has 0 bridgehead atoms. The lowest BCUT2D eigenvalue weighted by atomic mass is 10.2. The summed E-state index contributed by atoms with van der Waals surface area (Å²) in [7, 11) is 0. The van der Waals surface area contributed by atoms with Crippen molar-refractivity contribution in [3.63, 3.8) is 0 Å². The molecule has 0 amide bonds. The first-order valence-electron chi connectivity index (χ1n) is 7.73. The van der Waals surface area contributed by atoms with E-state index in [2.05, 4.69) is 36.8 Å².